The van der Waals surface area contributed by atoms with Gasteiger partial charge in [0, 0.05) is 24.2 Å². The molecule has 16 heavy (non-hydrogen) atoms. The zero-order chi connectivity index (χ0) is 12.0. The highest BCUT2D eigenvalue weighted by Crippen LogP contribution is 2.23. The average molecular weight is 247 g/mol. The molecule has 0 saturated carbocycles. The zero-order valence-corrected chi connectivity index (χ0v) is 9.67. The van der Waals surface area contributed by atoms with Crippen LogP contribution in [0.25, 0.3) is 0 Å². The van der Waals surface area contributed by atoms with Crippen LogP contribution >= 0.6 is 11.6 Å². The summed E-state index contributed by atoms with van der Waals surface area (Å²) in [6, 6.07) is 4.14. The van der Waals surface area contributed by atoms with Crippen molar-refractivity contribution in [3.8, 4) is 0 Å². The van der Waals surface area contributed by atoms with Crippen molar-refractivity contribution < 1.29 is 9.50 Å². The van der Waals surface area contributed by atoms with E-state index in [1.807, 2.05) is 0 Å². The van der Waals surface area contributed by atoms with Crippen LogP contribution in [0.5, 0.6) is 0 Å². The topological polar surface area (TPSA) is 58.3 Å². The Labute approximate surface area is 99.4 Å². The molecular formula is C11H16ClFN2O. The minimum atomic E-state index is -0.361. The SMILES string of the molecule is NCC(NCCCO)c1ccc(F)cc1Cl. The van der Waals surface area contributed by atoms with E-state index in [2.05, 4.69) is 5.32 Å². The van der Waals surface area contributed by atoms with Crippen LogP contribution in [0.2, 0.25) is 5.02 Å². The van der Waals surface area contributed by atoms with Gasteiger partial charge in [-0.25, -0.2) is 4.39 Å². The normalized spacial score (nSPS) is 12.8. The van der Waals surface area contributed by atoms with Crippen LogP contribution in [-0.4, -0.2) is 24.8 Å². The van der Waals surface area contributed by atoms with Gasteiger partial charge in [0.2, 0.25) is 0 Å². The summed E-state index contributed by atoms with van der Waals surface area (Å²) >= 11 is 5.93. The summed E-state index contributed by atoms with van der Waals surface area (Å²) in [7, 11) is 0. The van der Waals surface area contributed by atoms with Crippen LogP contribution in [0.1, 0.15) is 18.0 Å². The first-order valence-electron chi connectivity index (χ1n) is 5.18. The molecule has 0 aliphatic carbocycles. The minimum Gasteiger partial charge on any atom is -0.396 e. The van der Waals surface area contributed by atoms with Crippen molar-refractivity contribution in [3.63, 3.8) is 0 Å². The van der Waals surface area contributed by atoms with Crippen LogP contribution < -0.4 is 11.1 Å². The van der Waals surface area contributed by atoms with Gasteiger partial charge in [0.25, 0.3) is 0 Å². The second kappa shape index (κ2) is 6.81. The predicted molar refractivity (Wildman–Crippen MR) is 62.9 cm³/mol. The number of aliphatic hydroxyl groups is 1. The zero-order valence-electron chi connectivity index (χ0n) is 8.92. The van der Waals surface area contributed by atoms with E-state index in [1.54, 1.807) is 6.07 Å². The first-order valence-corrected chi connectivity index (χ1v) is 5.56. The van der Waals surface area contributed by atoms with Gasteiger partial charge in [-0.1, -0.05) is 17.7 Å². The average Bonchev–Trinajstić information content (AvgIpc) is 2.26. The second-order valence-electron chi connectivity index (χ2n) is 3.49. The molecule has 1 rings (SSSR count). The maximum atomic E-state index is 12.9. The molecule has 0 spiro atoms. The summed E-state index contributed by atoms with van der Waals surface area (Å²) in [6.45, 7) is 1.14. The number of nitrogens with one attached hydrogen (secondary N) is 1. The second-order valence-corrected chi connectivity index (χ2v) is 3.89. The van der Waals surface area contributed by atoms with Gasteiger partial charge in [-0.15, -0.1) is 0 Å². The van der Waals surface area contributed by atoms with Gasteiger partial charge in [-0.2, -0.15) is 0 Å². The third-order valence-corrected chi connectivity index (χ3v) is 2.63. The van der Waals surface area contributed by atoms with Gasteiger partial charge in [0.1, 0.15) is 5.82 Å². The van der Waals surface area contributed by atoms with Crippen molar-refractivity contribution in [2.45, 2.75) is 12.5 Å². The van der Waals surface area contributed by atoms with Gasteiger partial charge in [-0.05, 0) is 30.7 Å². The van der Waals surface area contributed by atoms with E-state index in [9.17, 15) is 4.39 Å². The summed E-state index contributed by atoms with van der Waals surface area (Å²) in [5, 5.41) is 12.2. The Kier molecular flexibility index (Phi) is 5.69. The number of halogens is 2. The molecule has 1 aromatic rings. The molecule has 90 valence electrons. The lowest BCUT2D eigenvalue weighted by Gasteiger charge is -2.18. The molecular weight excluding hydrogens is 231 g/mol. The Bertz CT molecular complexity index is 336. The number of nitrogens with two attached hydrogens (primary N) is 1. The Morgan fingerprint density at radius 1 is 1.50 bits per heavy atom. The number of hydrogen-bond acceptors (Lipinski definition) is 3. The lowest BCUT2D eigenvalue weighted by atomic mass is 10.1. The lowest BCUT2D eigenvalue weighted by Crippen LogP contribution is -2.29. The largest absolute Gasteiger partial charge is 0.396 e. The molecule has 0 saturated heterocycles. The van der Waals surface area contributed by atoms with E-state index in [1.165, 1.54) is 12.1 Å². The molecule has 4 N–H and O–H groups in total. The number of aliphatic hydroxyl groups excluding tert-OH is 1. The highest BCUT2D eigenvalue weighted by molar-refractivity contribution is 6.31. The van der Waals surface area contributed by atoms with Gasteiger partial charge >= 0.3 is 0 Å². The highest BCUT2D eigenvalue weighted by Gasteiger charge is 2.12. The van der Waals surface area contributed by atoms with E-state index in [4.69, 9.17) is 22.4 Å². The van der Waals surface area contributed by atoms with Gasteiger partial charge in [0.15, 0.2) is 0 Å². The molecule has 0 heterocycles. The van der Waals surface area contributed by atoms with Crippen LogP contribution in [0, 0.1) is 5.82 Å². The van der Waals surface area contributed by atoms with Crippen molar-refractivity contribution in [3.05, 3.63) is 34.6 Å². The summed E-state index contributed by atoms with van der Waals surface area (Å²) in [6.07, 6.45) is 0.648. The van der Waals surface area contributed by atoms with Crippen molar-refractivity contribution in [1.82, 2.24) is 5.32 Å². The number of benzene rings is 1. The standard InChI is InChI=1S/C11H16ClFN2O/c12-10-6-8(13)2-3-9(10)11(7-14)15-4-1-5-16/h2-3,6,11,15-16H,1,4-5,7,14H2. The fourth-order valence-corrected chi connectivity index (χ4v) is 1.76. The van der Waals surface area contributed by atoms with E-state index >= 15 is 0 Å². The Morgan fingerprint density at radius 2 is 2.25 bits per heavy atom. The summed E-state index contributed by atoms with van der Waals surface area (Å²) in [5.41, 5.74) is 6.40. The highest BCUT2D eigenvalue weighted by atomic mass is 35.5. The van der Waals surface area contributed by atoms with E-state index in [-0.39, 0.29) is 18.5 Å². The summed E-state index contributed by atoms with van der Waals surface area (Å²) in [5.74, 6) is -0.361. The van der Waals surface area contributed by atoms with Crippen LogP contribution in [-0.2, 0) is 0 Å². The van der Waals surface area contributed by atoms with Gasteiger partial charge in [-0.3, -0.25) is 0 Å². The lowest BCUT2D eigenvalue weighted by molar-refractivity contribution is 0.283. The maximum Gasteiger partial charge on any atom is 0.124 e. The van der Waals surface area contributed by atoms with Crippen molar-refractivity contribution in [1.29, 1.82) is 0 Å². The molecule has 0 aliphatic rings. The van der Waals surface area contributed by atoms with E-state index in [0.717, 1.165) is 5.56 Å². The maximum absolute atomic E-state index is 12.9. The number of rotatable bonds is 6. The van der Waals surface area contributed by atoms with Crippen LogP contribution in [0.4, 0.5) is 4.39 Å². The molecule has 1 unspecified atom stereocenters. The molecule has 5 heteroatoms. The van der Waals surface area contributed by atoms with Crippen molar-refractivity contribution in [2.24, 2.45) is 5.73 Å². The predicted octanol–water partition coefficient (Wildman–Crippen LogP) is 1.45. The first-order chi connectivity index (χ1) is 7.69. The molecule has 0 bridgehead atoms. The molecule has 0 aromatic heterocycles. The third kappa shape index (κ3) is 3.72. The van der Waals surface area contributed by atoms with Crippen LogP contribution in [0.15, 0.2) is 18.2 Å². The van der Waals surface area contributed by atoms with Crippen molar-refractivity contribution >= 4 is 11.6 Å². The van der Waals surface area contributed by atoms with Gasteiger partial charge in [0.05, 0.1) is 0 Å². The summed E-state index contributed by atoms with van der Waals surface area (Å²) in [4.78, 5) is 0. The fourth-order valence-electron chi connectivity index (χ4n) is 1.46. The molecule has 3 nitrogen and oxygen atoms in total. The monoisotopic (exact) mass is 246 g/mol. The Balaban J connectivity index is 2.70. The minimum absolute atomic E-state index is 0.111. The number of hydrogen-bond donors (Lipinski definition) is 3. The smallest absolute Gasteiger partial charge is 0.124 e. The molecule has 1 aromatic carbocycles. The van der Waals surface area contributed by atoms with E-state index in [0.29, 0.717) is 24.5 Å². The molecule has 0 radical (unpaired) electrons. The summed E-state index contributed by atoms with van der Waals surface area (Å²) < 4.78 is 12.9. The van der Waals surface area contributed by atoms with Gasteiger partial charge < -0.3 is 16.2 Å². The van der Waals surface area contributed by atoms with Crippen LogP contribution in [0.3, 0.4) is 0 Å². The molecule has 0 amide bonds. The quantitative estimate of drug-likeness (QED) is 0.666. The molecule has 1 atom stereocenters. The molecule has 0 aliphatic heterocycles. The first kappa shape index (κ1) is 13.4. The Hall–Kier alpha value is -0.680. The fraction of sp³-hybridized carbons (Fsp3) is 0.455. The van der Waals surface area contributed by atoms with E-state index < -0.39 is 0 Å². The Morgan fingerprint density at radius 3 is 2.81 bits per heavy atom. The third-order valence-electron chi connectivity index (χ3n) is 2.30. The van der Waals surface area contributed by atoms with Crippen molar-refractivity contribution in [2.75, 3.05) is 19.7 Å². The molecule has 0 fully saturated rings.